The van der Waals surface area contributed by atoms with Gasteiger partial charge in [0, 0.05) is 36.9 Å². The van der Waals surface area contributed by atoms with Crippen LogP contribution in [0.3, 0.4) is 0 Å². The van der Waals surface area contributed by atoms with Crippen LogP contribution < -0.4 is 9.80 Å². The fourth-order valence-electron chi connectivity index (χ4n) is 3.36. The maximum atomic E-state index is 12.3. The number of hydrogen-bond acceptors (Lipinski definition) is 8. The zero-order chi connectivity index (χ0) is 19.7. The number of rotatable bonds is 4. The van der Waals surface area contributed by atoms with Crippen LogP contribution >= 0.6 is 11.6 Å². The van der Waals surface area contributed by atoms with Gasteiger partial charge in [-0.15, -0.1) is 0 Å². The van der Waals surface area contributed by atoms with Crippen molar-refractivity contribution in [1.82, 2.24) is 15.1 Å². The van der Waals surface area contributed by atoms with Crippen molar-refractivity contribution >= 4 is 40.2 Å². The van der Waals surface area contributed by atoms with Crippen LogP contribution in [0, 0.1) is 6.92 Å². The molecule has 0 spiro atoms. The van der Waals surface area contributed by atoms with Gasteiger partial charge in [-0.1, -0.05) is 22.8 Å². The van der Waals surface area contributed by atoms with Crippen molar-refractivity contribution < 1.29 is 14.1 Å². The minimum atomic E-state index is -0.535. The summed E-state index contributed by atoms with van der Waals surface area (Å²) in [6, 6.07) is 7.82. The number of ether oxygens (including phenoxy) is 1. The van der Waals surface area contributed by atoms with Crippen LogP contribution in [0.15, 0.2) is 28.8 Å². The van der Waals surface area contributed by atoms with E-state index < -0.39 is 5.97 Å². The molecule has 0 bridgehead atoms. The van der Waals surface area contributed by atoms with Gasteiger partial charge in [-0.2, -0.15) is 4.98 Å². The predicted molar refractivity (Wildman–Crippen MR) is 106 cm³/mol. The van der Waals surface area contributed by atoms with Crippen LogP contribution in [-0.4, -0.2) is 53.9 Å². The molecule has 1 saturated heterocycles. The Hall–Kier alpha value is -2.87. The molecule has 9 heteroatoms. The lowest BCUT2D eigenvalue weighted by Crippen LogP contribution is -2.47. The Morgan fingerprint density at radius 2 is 1.96 bits per heavy atom. The number of aromatic nitrogens is 3. The summed E-state index contributed by atoms with van der Waals surface area (Å²) in [7, 11) is 0. The summed E-state index contributed by atoms with van der Waals surface area (Å²) in [6.45, 7) is 6.84. The molecule has 2 aromatic heterocycles. The molecule has 3 heterocycles. The molecule has 0 atom stereocenters. The summed E-state index contributed by atoms with van der Waals surface area (Å²) >= 11 is 6.12. The molecule has 1 aromatic carbocycles. The largest absolute Gasteiger partial charge is 0.461 e. The van der Waals surface area contributed by atoms with Crippen LogP contribution in [0.5, 0.6) is 0 Å². The smallest absolute Gasteiger partial charge is 0.361 e. The summed E-state index contributed by atoms with van der Waals surface area (Å²) in [5.74, 6) is 0.677. The van der Waals surface area contributed by atoms with E-state index in [9.17, 15) is 4.79 Å². The Morgan fingerprint density at radius 3 is 2.68 bits per heavy atom. The van der Waals surface area contributed by atoms with E-state index in [1.807, 2.05) is 24.3 Å². The van der Waals surface area contributed by atoms with Crippen LogP contribution in [-0.2, 0) is 4.74 Å². The number of carbonyl (C=O) groups is 1. The molecule has 1 aliphatic heterocycles. The van der Waals surface area contributed by atoms with E-state index in [2.05, 4.69) is 24.9 Å². The third-order valence-corrected chi connectivity index (χ3v) is 4.89. The highest BCUT2D eigenvalue weighted by atomic mass is 35.5. The van der Waals surface area contributed by atoms with Gasteiger partial charge in [0.1, 0.15) is 17.0 Å². The average molecular weight is 402 g/mol. The van der Waals surface area contributed by atoms with Crippen molar-refractivity contribution in [3.8, 4) is 0 Å². The second-order valence-corrected chi connectivity index (χ2v) is 6.92. The molecule has 0 amide bonds. The monoisotopic (exact) mass is 401 g/mol. The molecule has 4 rings (SSSR count). The first-order valence-electron chi connectivity index (χ1n) is 9.13. The normalized spacial score (nSPS) is 14.5. The highest BCUT2D eigenvalue weighted by Crippen LogP contribution is 2.29. The molecular formula is C19H20ClN5O3. The number of anilines is 2. The molecule has 3 aromatic rings. The van der Waals surface area contributed by atoms with E-state index in [1.165, 1.54) is 0 Å². The summed E-state index contributed by atoms with van der Waals surface area (Å²) in [6.07, 6.45) is 0. The SMILES string of the molecule is CCOC(=O)c1noc2nc(C)nc(N3CCN(c4cccc(Cl)c4)CC3)c12. The molecule has 1 aliphatic rings. The number of esters is 1. The molecule has 0 aliphatic carbocycles. The lowest BCUT2D eigenvalue weighted by atomic mass is 10.2. The van der Waals surface area contributed by atoms with Crippen LogP contribution in [0.2, 0.25) is 5.02 Å². The second kappa shape index (κ2) is 7.63. The highest BCUT2D eigenvalue weighted by molar-refractivity contribution is 6.30. The van der Waals surface area contributed by atoms with Crippen molar-refractivity contribution in [1.29, 1.82) is 0 Å². The molecule has 0 saturated carbocycles. The zero-order valence-corrected chi connectivity index (χ0v) is 16.4. The Kier molecular flexibility index (Phi) is 5.04. The number of piperazine rings is 1. The molecule has 1 fully saturated rings. The number of benzene rings is 1. The second-order valence-electron chi connectivity index (χ2n) is 6.48. The maximum absolute atomic E-state index is 12.3. The molecule has 146 valence electrons. The van der Waals surface area contributed by atoms with E-state index in [1.54, 1.807) is 13.8 Å². The summed E-state index contributed by atoms with van der Waals surface area (Å²) in [4.78, 5) is 25.5. The number of aryl methyl sites for hydroxylation is 1. The van der Waals surface area contributed by atoms with E-state index in [0.717, 1.165) is 36.9 Å². The molecule has 0 radical (unpaired) electrons. The minimum absolute atomic E-state index is 0.115. The molecule has 0 N–H and O–H groups in total. The first-order valence-corrected chi connectivity index (χ1v) is 9.51. The topological polar surface area (TPSA) is 84.6 Å². The Balaban J connectivity index is 1.62. The predicted octanol–water partition coefficient (Wildman–Crippen LogP) is 3.08. The van der Waals surface area contributed by atoms with E-state index in [0.29, 0.717) is 22.7 Å². The fourth-order valence-corrected chi connectivity index (χ4v) is 3.54. The molecule has 0 unspecified atom stereocenters. The average Bonchev–Trinajstić information content (AvgIpc) is 3.11. The molecular weight excluding hydrogens is 382 g/mol. The van der Waals surface area contributed by atoms with Crippen LogP contribution in [0.25, 0.3) is 11.1 Å². The van der Waals surface area contributed by atoms with Gasteiger partial charge in [0.15, 0.2) is 0 Å². The number of hydrogen-bond donors (Lipinski definition) is 0. The zero-order valence-electron chi connectivity index (χ0n) is 15.7. The summed E-state index contributed by atoms with van der Waals surface area (Å²) < 4.78 is 10.4. The van der Waals surface area contributed by atoms with Crippen LogP contribution in [0.4, 0.5) is 11.5 Å². The maximum Gasteiger partial charge on any atom is 0.361 e. The van der Waals surface area contributed by atoms with Gasteiger partial charge >= 0.3 is 5.97 Å². The van der Waals surface area contributed by atoms with Crippen molar-refractivity contribution in [3.05, 3.63) is 40.8 Å². The number of halogens is 1. The van der Waals surface area contributed by atoms with Crippen molar-refractivity contribution in [2.45, 2.75) is 13.8 Å². The van der Waals surface area contributed by atoms with Gasteiger partial charge < -0.3 is 19.1 Å². The minimum Gasteiger partial charge on any atom is -0.461 e. The van der Waals surface area contributed by atoms with Gasteiger partial charge in [0.2, 0.25) is 5.69 Å². The van der Waals surface area contributed by atoms with Crippen molar-refractivity contribution in [2.75, 3.05) is 42.6 Å². The summed E-state index contributed by atoms with van der Waals surface area (Å²) in [5, 5.41) is 5.10. The highest BCUT2D eigenvalue weighted by Gasteiger charge is 2.27. The van der Waals surface area contributed by atoms with Gasteiger partial charge in [-0.05, 0) is 32.0 Å². The molecule has 8 nitrogen and oxygen atoms in total. The lowest BCUT2D eigenvalue weighted by Gasteiger charge is -2.37. The standard InChI is InChI=1S/C19H20ClN5O3/c1-3-27-19(26)16-15-17(21-12(2)22-18(15)28-23-16)25-9-7-24(8-10-25)14-6-4-5-13(20)11-14/h4-6,11H,3,7-10H2,1-2H3. The Labute approximate surface area is 167 Å². The van der Waals surface area contributed by atoms with E-state index in [-0.39, 0.29) is 12.3 Å². The summed E-state index contributed by atoms with van der Waals surface area (Å²) in [5.41, 5.74) is 1.50. The van der Waals surface area contributed by atoms with Gasteiger partial charge in [0.25, 0.3) is 5.71 Å². The number of carbonyl (C=O) groups excluding carboxylic acids is 1. The lowest BCUT2D eigenvalue weighted by molar-refractivity contribution is 0.0517. The Morgan fingerprint density at radius 1 is 1.21 bits per heavy atom. The molecule has 28 heavy (non-hydrogen) atoms. The van der Waals surface area contributed by atoms with Crippen molar-refractivity contribution in [2.24, 2.45) is 0 Å². The third-order valence-electron chi connectivity index (χ3n) is 4.65. The van der Waals surface area contributed by atoms with Gasteiger partial charge in [0.05, 0.1) is 6.61 Å². The first-order chi connectivity index (χ1) is 13.6. The number of fused-ring (bicyclic) bond motifs is 1. The van der Waals surface area contributed by atoms with Gasteiger partial charge in [-0.25, -0.2) is 9.78 Å². The third kappa shape index (κ3) is 3.47. The fraction of sp³-hybridized carbons (Fsp3) is 0.368. The first kappa shape index (κ1) is 18.5. The van der Waals surface area contributed by atoms with Crippen LogP contribution in [0.1, 0.15) is 23.2 Å². The van der Waals surface area contributed by atoms with Gasteiger partial charge in [-0.3, -0.25) is 0 Å². The van der Waals surface area contributed by atoms with E-state index >= 15 is 0 Å². The van der Waals surface area contributed by atoms with E-state index in [4.69, 9.17) is 20.9 Å². The Bertz CT molecular complexity index is 1010. The van der Waals surface area contributed by atoms with Crippen molar-refractivity contribution in [3.63, 3.8) is 0 Å². The number of nitrogens with zero attached hydrogens (tertiary/aromatic N) is 5. The quantitative estimate of drug-likeness (QED) is 0.616.